The topological polar surface area (TPSA) is 26.0 Å². The fourth-order valence-electron chi connectivity index (χ4n) is 1.91. The molecule has 0 aliphatic carbocycles. The molecule has 0 saturated heterocycles. The van der Waals surface area contributed by atoms with Crippen LogP contribution in [0, 0.1) is 11.6 Å². The van der Waals surface area contributed by atoms with E-state index < -0.39 is 17.7 Å². The first kappa shape index (κ1) is 13.2. The van der Waals surface area contributed by atoms with E-state index in [1.807, 2.05) is 11.4 Å². The molecule has 0 spiro atoms. The van der Waals surface area contributed by atoms with Gasteiger partial charge < -0.3 is 5.73 Å². The zero-order valence-corrected chi connectivity index (χ0v) is 10.7. The first-order valence-corrected chi connectivity index (χ1v) is 6.77. The van der Waals surface area contributed by atoms with E-state index in [9.17, 15) is 8.78 Å². The summed E-state index contributed by atoms with van der Waals surface area (Å²) in [5, 5.41) is 2.03. The number of rotatable bonds is 5. The Hall–Kier alpha value is -1.26. The molecule has 1 nitrogen and oxygen atoms in total. The second kappa shape index (κ2) is 6.07. The number of nitrogens with two attached hydrogens (primary N) is 1. The van der Waals surface area contributed by atoms with Crippen molar-refractivity contribution in [2.75, 3.05) is 0 Å². The lowest BCUT2D eigenvalue weighted by atomic mass is 10.0. The molecule has 4 heteroatoms. The van der Waals surface area contributed by atoms with Crippen LogP contribution in [-0.4, -0.2) is 0 Å². The average Bonchev–Trinajstić information content (AvgIpc) is 2.85. The van der Waals surface area contributed by atoms with Crippen LogP contribution in [0.25, 0.3) is 0 Å². The summed E-state index contributed by atoms with van der Waals surface area (Å²) in [6, 6.07) is 7.05. The zero-order valence-electron chi connectivity index (χ0n) is 9.90. The van der Waals surface area contributed by atoms with Gasteiger partial charge in [-0.1, -0.05) is 6.07 Å². The number of hydrogen-bond acceptors (Lipinski definition) is 2. The predicted octanol–water partition coefficient (Wildman–Crippen LogP) is 4.05. The van der Waals surface area contributed by atoms with Crippen LogP contribution < -0.4 is 5.73 Å². The summed E-state index contributed by atoms with van der Waals surface area (Å²) in [5.74, 6) is -0.875. The second-order valence-electron chi connectivity index (χ2n) is 4.24. The number of halogens is 2. The monoisotopic (exact) mass is 267 g/mol. The van der Waals surface area contributed by atoms with Crippen molar-refractivity contribution in [3.8, 4) is 0 Å². The Morgan fingerprint density at radius 3 is 2.78 bits per heavy atom. The molecule has 1 aromatic carbocycles. The quantitative estimate of drug-likeness (QED) is 0.869. The normalized spacial score (nSPS) is 12.6. The van der Waals surface area contributed by atoms with E-state index in [0.29, 0.717) is 6.42 Å². The predicted molar refractivity (Wildman–Crippen MR) is 70.5 cm³/mol. The Morgan fingerprint density at radius 2 is 2.06 bits per heavy atom. The number of hydrogen-bond donors (Lipinski definition) is 1. The molecule has 1 atom stereocenters. The highest BCUT2D eigenvalue weighted by Gasteiger charge is 2.12. The van der Waals surface area contributed by atoms with E-state index in [4.69, 9.17) is 5.73 Å². The van der Waals surface area contributed by atoms with Gasteiger partial charge in [-0.3, -0.25) is 0 Å². The van der Waals surface area contributed by atoms with Crippen LogP contribution in [0.2, 0.25) is 0 Å². The number of benzene rings is 1. The summed E-state index contributed by atoms with van der Waals surface area (Å²) in [6.07, 6.45) is 2.46. The molecule has 2 rings (SSSR count). The summed E-state index contributed by atoms with van der Waals surface area (Å²) in [6.45, 7) is 0. The lowest BCUT2D eigenvalue weighted by molar-refractivity contribution is 0.538. The summed E-state index contributed by atoms with van der Waals surface area (Å²) < 4.78 is 26.5. The van der Waals surface area contributed by atoms with Gasteiger partial charge in [0.25, 0.3) is 0 Å². The molecular formula is C14H15F2NS. The van der Waals surface area contributed by atoms with E-state index in [0.717, 1.165) is 25.0 Å². The van der Waals surface area contributed by atoms with E-state index in [1.54, 1.807) is 11.3 Å². The highest BCUT2D eigenvalue weighted by Crippen LogP contribution is 2.22. The molecule has 1 aromatic heterocycles. The second-order valence-corrected chi connectivity index (χ2v) is 5.28. The maximum atomic E-state index is 13.5. The molecule has 1 heterocycles. The third kappa shape index (κ3) is 3.37. The standard InChI is InChI=1S/C14H15F2NS/c15-10-6-7-13(16)12(9-10)14(17)5-1-3-11-4-2-8-18-11/h2,4,6-9,14H,1,3,5,17H2. The van der Waals surface area contributed by atoms with Crippen molar-refractivity contribution in [3.63, 3.8) is 0 Å². The van der Waals surface area contributed by atoms with E-state index in [-0.39, 0.29) is 5.56 Å². The molecule has 2 N–H and O–H groups in total. The average molecular weight is 267 g/mol. The molecule has 18 heavy (non-hydrogen) atoms. The minimum Gasteiger partial charge on any atom is -0.324 e. The summed E-state index contributed by atoms with van der Waals surface area (Å²) in [7, 11) is 0. The van der Waals surface area contributed by atoms with Crippen molar-refractivity contribution in [2.24, 2.45) is 5.73 Å². The van der Waals surface area contributed by atoms with E-state index in [2.05, 4.69) is 6.07 Å². The lowest BCUT2D eigenvalue weighted by Crippen LogP contribution is -2.12. The molecule has 0 bridgehead atoms. The van der Waals surface area contributed by atoms with Crippen molar-refractivity contribution in [1.82, 2.24) is 0 Å². The molecule has 0 aliphatic heterocycles. The summed E-state index contributed by atoms with van der Waals surface area (Å²) >= 11 is 1.70. The van der Waals surface area contributed by atoms with Crippen LogP contribution in [0.5, 0.6) is 0 Å². The van der Waals surface area contributed by atoms with Crippen LogP contribution in [0.4, 0.5) is 8.78 Å². The Kier molecular flexibility index (Phi) is 4.44. The van der Waals surface area contributed by atoms with Gasteiger partial charge in [0.2, 0.25) is 0 Å². The number of thiophene rings is 1. The van der Waals surface area contributed by atoms with E-state index >= 15 is 0 Å². The fraction of sp³-hybridized carbons (Fsp3) is 0.286. The molecule has 0 aliphatic rings. The highest BCUT2D eigenvalue weighted by molar-refractivity contribution is 7.09. The molecule has 2 aromatic rings. The van der Waals surface area contributed by atoms with Crippen LogP contribution >= 0.6 is 11.3 Å². The molecule has 1 unspecified atom stereocenters. The SMILES string of the molecule is NC(CCCc1cccs1)c1cc(F)ccc1F. The Labute approximate surface area is 109 Å². The summed E-state index contributed by atoms with van der Waals surface area (Å²) in [4.78, 5) is 1.29. The van der Waals surface area contributed by atoms with Gasteiger partial charge in [0.05, 0.1) is 0 Å². The first-order valence-electron chi connectivity index (χ1n) is 5.89. The maximum Gasteiger partial charge on any atom is 0.128 e. The van der Waals surface area contributed by atoms with Gasteiger partial charge >= 0.3 is 0 Å². The molecule has 0 amide bonds. The van der Waals surface area contributed by atoms with Crippen LogP contribution in [0.3, 0.4) is 0 Å². The summed E-state index contributed by atoms with van der Waals surface area (Å²) in [5.41, 5.74) is 6.17. The van der Waals surface area contributed by atoms with Gasteiger partial charge in [-0.2, -0.15) is 0 Å². The van der Waals surface area contributed by atoms with Gasteiger partial charge in [0.1, 0.15) is 11.6 Å². The van der Waals surface area contributed by atoms with E-state index in [1.165, 1.54) is 10.9 Å². The van der Waals surface area contributed by atoms with Crippen molar-refractivity contribution >= 4 is 11.3 Å². The fourth-order valence-corrected chi connectivity index (χ4v) is 2.66. The largest absolute Gasteiger partial charge is 0.324 e. The Bertz CT molecular complexity index is 497. The minimum absolute atomic E-state index is 0.265. The lowest BCUT2D eigenvalue weighted by Gasteiger charge is -2.12. The molecule has 0 fully saturated rings. The van der Waals surface area contributed by atoms with Crippen molar-refractivity contribution in [2.45, 2.75) is 25.3 Å². The smallest absolute Gasteiger partial charge is 0.128 e. The third-order valence-corrected chi connectivity index (χ3v) is 3.81. The third-order valence-electron chi connectivity index (χ3n) is 2.88. The van der Waals surface area contributed by atoms with Crippen LogP contribution in [-0.2, 0) is 6.42 Å². The first-order chi connectivity index (χ1) is 8.66. The van der Waals surface area contributed by atoms with Gasteiger partial charge in [0, 0.05) is 16.5 Å². The Balaban J connectivity index is 1.91. The maximum absolute atomic E-state index is 13.5. The molecule has 0 radical (unpaired) electrons. The highest BCUT2D eigenvalue weighted by atomic mass is 32.1. The van der Waals surface area contributed by atoms with Gasteiger partial charge in [-0.05, 0) is 48.9 Å². The zero-order chi connectivity index (χ0) is 13.0. The van der Waals surface area contributed by atoms with Crippen molar-refractivity contribution < 1.29 is 8.78 Å². The van der Waals surface area contributed by atoms with Crippen LogP contribution in [0.15, 0.2) is 35.7 Å². The van der Waals surface area contributed by atoms with Crippen molar-refractivity contribution in [1.29, 1.82) is 0 Å². The minimum atomic E-state index is -0.444. The van der Waals surface area contributed by atoms with Gasteiger partial charge in [-0.25, -0.2) is 8.78 Å². The van der Waals surface area contributed by atoms with Gasteiger partial charge in [-0.15, -0.1) is 11.3 Å². The van der Waals surface area contributed by atoms with Crippen LogP contribution in [0.1, 0.15) is 29.3 Å². The molecular weight excluding hydrogens is 252 g/mol. The molecule has 0 saturated carbocycles. The van der Waals surface area contributed by atoms with Crippen molar-refractivity contribution in [3.05, 3.63) is 57.8 Å². The number of aryl methyl sites for hydroxylation is 1. The molecule has 96 valence electrons. The van der Waals surface area contributed by atoms with Gasteiger partial charge in [0.15, 0.2) is 0 Å². The Morgan fingerprint density at radius 1 is 1.22 bits per heavy atom.